The van der Waals surface area contributed by atoms with Gasteiger partial charge in [-0.05, 0) is 25.5 Å². The van der Waals surface area contributed by atoms with E-state index < -0.39 is 0 Å². The van der Waals surface area contributed by atoms with Gasteiger partial charge >= 0.3 is 0 Å². The van der Waals surface area contributed by atoms with Gasteiger partial charge in [0.05, 0.1) is 5.75 Å². The van der Waals surface area contributed by atoms with Crippen molar-refractivity contribution >= 4 is 45.7 Å². The van der Waals surface area contributed by atoms with Crippen molar-refractivity contribution < 1.29 is 9.59 Å². The Balaban J connectivity index is 1.88. The molecular weight excluding hydrogens is 334 g/mol. The molecule has 2 amide bonds. The molecule has 23 heavy (non-hydrogen) atoms. The van der Waals surface area contributed by atoms with Crippen LogP contribution >= 0.6 is 23.1 Å². The molecule has 2 aromatic rings. The van der Waals surface area contributed by atoms with E-state index in [1.54, 1.807) is 0 Å². The van der Waals surface area contributed by atoms with E-state index in [0.717, 1.165) is 11.3 Å². The van der Waals surface area contributed by atoms with Crippen LogP contribution in [0.1, 0.15) is 18.1 Å². The number of hydrazine groups is 1. The Morgan fingerprint density at radius 1 is 1.22 bits per heavy atom. The molecular formula is C14H17N5O2S2. The highest BCUT2D eigenvalue weighted by molar-refractivity contribution is 8.01. The van der Waals surface area contributed by atoms with Crippen LogP contribution in [0.25, 0.3) is 0 Å². The number of nitrogens with zero attached hydrogens (tertiary/aromatic N) is 2. The van der Waals surface area contributed by atoms with E-state index in [-0.39, 0.29) is 17.6 Å². The van der Waals surface area contributed by atoms with Crippen LogP contribution in [0.3, 0.4) is 0 Å². The molecule has 0 radical (unpaired) electrons. The first-order valence-corrected chi connectivity index (χ1v) is 8.60. The van der Waals surface area contributed by atoms with E-state index in [1.807, 2.05) is 26.0 Å². The molecule has 0 atom stereocenters. The predicted molar refractivity (Wildman–Crippen MR) is 91.8 cm³/mol. The van der Waals surface area contributed by atoms with Gasteiger partial charge in [-0.25, -0.2) is 0 Å². The van der Waals surface area contributed by atoms with Gasteiger partial charge in [0.15, 0.2) is 4.34 Å². The zero-order chi connectivity index (χ0) is 16.8. The number of hydrogen-bond donors (Lipinski definition) is 3. The molecule has 0 aliphatic rings. The Morgan fingerprint density at radius 3 is 2.70 bits per heavy atom. The minimum Gasteiger partial charge on any atom is -0.330 e. The van der Waals surface area contributed by atoms with Crippen LogP contribution < -0.4 is 16.2 Å². The van der Waals surface area contributed by atoms with Gasteiger partial charge in [0.2, 0.25) is 16.9 Å². The number of carbonyl (C=O) groups is 2. The minimum atomic E-state index is -0.320. The molecule has 1 aromatic heterocycles. The Kier molecular flexibility index (Phi) is 5.94. The molecule has 0 fully saturated rings. The number of carbonyl (C=O) groups excluding carboxylic acids is 2. The molecule has 0 unspecified atom stereocenters. The number of aromatic nitrogens is 2. The number of amides is 2. The number of hydrogen-bond acceptors (Lipinski definition) is 7. The van der Waals surface area contributed by atoms with Gasteiger partial charge < -0.3 is 5.32 Å². The van der Waals surface area contributed by atoms with Crippen LogP contribution in [0.2, 0.25) is 0 Å². The lowest BCUT2D eigenvalue weighted by molar-refractivity contribution is -0.126. The highest BCUT2D eigenvalue weighted by atomic mass is 32.2. The molecule has 0 saturated carbocycles. The molecule has 0 aliphatic heterocycles. The molecule has 0 bridgehead atoms. The van der Waals surface area contributed by atoms with E-state index >= 15 is 0 Å². The summed E-state index contributed by atoms with van der Waals surface area (Å²) in [7, 11) is 0. The summed E-state index contributed by atoms with van der Waals surface area (Å²) in [6.07, 6.45) is 0. The maximum atomic E-state index is 11.5. The van der Waals surface area contributed by atoms with Crippen molar-refractivity contribution in [3.05, 3.63) is 29.3 Å². The molecule has 3 N–H and O–H groups in total. The van der Waals surface area contributed by atoms with Crippen molar-refractivity contribution in [2.45, 2.75) is 25.1 Å². The van der Waals surface area contributed by atoms with Crippen molar-refractivity contribution in [1.82, 2.24) is 21.0 Å². The van der Waals surface area contributed by atoms with Crippen molar-refractivity contribution in [2.75, 3.05) is 11.1 Å². The van der Waals surface area contributed by atoms with Crippen molar-refractivity contribution in [2.24, 2.45) is 0 Å². The summed E-state index contributed by atoms with van der Waals surface area (Å²) in [6, 6.07) is 6.11. The first kappa shape index (κ1) is 17.2. The molecule has 2 rings (SSSR count). The van der Waals surface area contributed by atoms with Gasteiger partial charge in [-0.15, -0.1) is 10.2 Å². The lowest BCUT2D eigenvalue weighted by atomic mass is 10.1. The third kappa shape index (κ3) is 5.53. The van der Waals surface area contributed by atoms with Crippen molar-refractivity contribution in [3.8, 4) is 0 Å². The third-order valence-corrected chi connectivity index (χ3v) is 4.71. The molecule has 0 aliphatic carbocycles. The van der Waals surface area contributed by atoms with Gasteiger partial charge in [-0.3, -0.25) is 20.4 Å². The number of aryl methyl sites for hydroxylation is 2. The Hall–Kier alpha value is -2.13. The zero-order valence-corrected chi connectivity index (χ0v) is 14.6. The summed E-state index contributed by atoms with van der Waals surface area (Å²) in [5.41, 5.74) is 7.83. The minimum absolute atomic E-state index is 0.151. The number of anilines is 2. The highest BCUT2D eigenvalue weighted by Crippen LogP contribution is 2.28. The summed E-state index contributed by atoms with van der Waals surface area (Å²) in [4.78, 5) is 22.2. The standard InChI is InChI=1S/C14H17N5O2S2/c1-8-4-5-11(9(2)6-8)15-13-18-19-14(23-13)22-7-12(21)17-16-10(3)20/h4-6H,7H2,1-3H3,(H,15,18)(H,16,20)(H,17,21). The fourth-order valence-corrected chi connectivity index (χ4v) is 3.27. The first-order valence-electron chi connectivity index (χ1n) is 6.80. The highest BCUT2D eigenvalue weighted by Gasteiger charge is 2.09. The quantitative estimate of drug-likeness (QED) is 0.564. The molecule has 1 heterocycles. The maximum absolute atomic E-state index is 11.5. The molecule has 9 heteroatoms. The molecule has 0 saturated heterocycles. The normalized spacial score (nSPS) is 10.2. The fourth-order valence-electron chi connectivity index (χ4n) is 1.71. The topological polar surface area (TPSA) is 96.0 Å². The summed E-state index contributed by atoms with van der Waals surface area (Å²) in [6.45, 7) is 5.39. The Bertz CT molecular complexity index is 717. The number of benzene rings is 1. The molecule has 122 valence electrons. The monoisotopic (exact) mass is 351 g/mol. The van der Waals surface area contributed by atoms with Crippen LogP contribution in [-0.4, -0.2) is 27.8 Å². The smallest absolute Gasteiger partial charge is 0.248 e. The van der Waals surface area contributed by atoms with E-state index in [2.05, 4.69) is 32.4 Å². The van der Waals surface area contributed by atoms with E-state index in [9.17, 15) is 9.59 Å². The average molecular weight is 351 g/mol. The summed E-state index contributed by atoms with van der Waals surface area (Å²) >= 11 is 2.63. The Morgan fingerprint density at radius 2 is 2.00 bits per heavy atom. The lowest BCUT2D eigenvalue weighted by Crippen LogP contribution is -2.41. The number of nitrogens with one attached hydrogen (secondary N) is 3. The second-order valence-electron chi connectivity index (χ2n) is 4.83. The van der Waals surface area contributed by atoms with Crippen molar-refractivity contribution in [3.63, 3.8) is 0 Å². The first-order chi connectivity index (χ1) is 10.9. The number of rotatable bonds is 5. The van der Waals surface area contributed by atoms with Gasteiger partial charge in [-0.1, -0.05) is 40.8 Å². The summed E-state index contributed by atoms with van der Waals surface area (Å²) in [5, 5.41) is 12.0. The van der Waals surface area contributed by atoms with Gasteiger partial charge in [0.25, 0.3) is 0 Å². The van der Waals surface area contributed by atoms with E-state index in [0.29, 0.717) is 9.47 Å². The zero-order valence-electron chi connectivity index (χ0n) is 13.0. The van der Waals surface area contributed by atoms with Gasteiger partial charge in [-0.2, -0.15) is 0 Å². The van der Waals surface area contributed by atoms with Gasteiger partial charge in [0, 0.05) is 12.6 Å². The summed E-state index contributed by atoms with van der Waals surface area (Å²) < 4.78 is 0.676. The maximum Gasteiger partial charge on any atom is 0.248 e. The van der Waals surface area contributed by atoms with Gasteiger partial charge in [0.1, 0.15) is 0 Å². The second kappa shape index (κ2) is 7.93. The van der Waals surface area contributed by atoms with Crippen LogP contribution in [-0.2, 0) is 9.59 Å². The predicted octanol–water partition coefficient (Wildman–Crippen LogP) is 2.16. The average Bonchev–Trinajstić information content (AvgIpc) is 2.93. The second-order valence-corrected chi connectivity index (χ2v) is 7.03. The number of thioether (sulfide) groups is 1. The van der Waals surface area contributed by atoms with Crippen LogP contribution in [0.15, 0.2) is 22.5 Å². The lowest BCUT2D eigenvalue weighted by Gasteiger charge is -2.06. The SMILES string of the molecule is CC(=O)NNC(=O)CSc1nnc(Nc2ccc(C)cc2C)s1. The molecule has 0 spiro atoms. The summed E-state index contributed by atoms with van der Waals surface area (Å²) in [5.74, 6) is -0.470. The van der Waals surface area contributed by atoms with E-state index in [4.69, 9.17) is 0 Å². The van der Waals surface area contributed by atoms with E-state index in [1.165, 1.54) is 35.6 Å². The molecule has 1 aromatic carbocycles. The third-order valence-electron chi connectivity index (χ3n) is 2.73. The van der Waals surface area contributed by atoms with Crippen LogP contribution in [0, 0.1) is 13.8 Å². The van der Waals surface area contributed by atoms with Crippen LogP contribution in [0.4, 0.5) is 10.8 Å². The fraction of sp³-hybridized carbons (Fsp3) is 0.286. The van der Waals surface area contributed by atoms with Crippen molar-refractivity contribution in [1.29, 1.82) is 0 Å². The molecule has 7 nitrogen and oxygen atoms in total. The van der Waals surface area contributed by atoms with Crippen LogP contribution in [0.5, 0.6) is 0 Å². The Labute approximate surface area is 142 Å². The largest absolute Gasteiger partial charge is 0.330 e.